The van der Waals surface area contributed by atoms with E-state index in [2.05, 4.69) is 17.1 Å². The summed E-state index contributed by atoms with van der Waals surface area (Å²) in [6.07, 6.45) is 1.24. The molecule has 0 spiro atoms. The van der Waals surface area contributed by atoms with E-state index in [4.69, 9.17) is 29.2 Å². The second kappa shape index (κ2) is 12.0. The molecule has 2 saturated heterocycles. The summed E-state index contributed by atoms with van der Waals surface area (Å²) in [5, 5.41) is 14.2. The van der Waals surface area contributed by atoms with Gasteiger partial charge in [-0.1, -0.05) is 0 Å². The SMILES string of the molecule is COc1ccc(-c2ccc3c(N4CCOCC4C)nc(NC4CCN(C(=O)OC(C)(C)C)CC4)nc3n2)cc1CO. The van der Waals surface area contributed by atoms with Gasteiger partial charge in [0.1, 0.15) is 17.2 Å². The lowest BCUT2D eigenvalue weighted by Gasteiger charge is -2.35. The minimum absolute atomic E-state index is 0.109. The first-order chi connectivity index (χ1) is 19.6. The van der Waals surface area contributed by atoms with Crippen LogP contribution in [0.25, 0.3) is 22.3 Å². The second-order valence-corrected chi connectivity index (χ2v) is 11.6. The molecule has 41 heavy (non-hydrogen) atoms. The number of rotatable bonds is 6. The predicted molar refractivity (Wildman–Crippen MR) is 157 cm³/mol. The van der Waals surface area contributed by atoms with E-state index in [0.717, 1.165) is 41.8 Å². The first-order valence-electron chi connectivity index (χ1n) is 14.2. The average Bonchev–Trinajstić information content (AvgIpc) is 2.96. The summed E-state index contributed by atoms with van der Waals surface area (Å²) in [6.45, 7) is 10.8. The molecule has 2 fully saturated rings. The van der Waals surface area contributed by atoms with Gasteiger partial charge in [0, 0.05) is 36.8 Å². The smallest absolute Gasteiger partial charge is 0.410 e. The molecule has 1 amide bonds. The number of piperidine rings is 1. The number of methoxy groups -OCH3 is 1. The number of carbonyl (C=O) groups is 1. The molecule has 1 atom stereocenters. The van der Waals surface area contributed by atoms with Crippen molar-refractivity contribution in [2.24, 2.45) is 0 Å². The highest BCUT2D eigenvalue weighted by atomic mass is 16.6. The van der Waals surface area contributed by atoms with Crippen LogP contribution in [0.1, 0.15) is 46.1 Å². The second-order valence-electron chi connectivity index (χ2n) is 11.6. The molecule has 5 rings (SSSR count). The number of amides is 1. The number of likely N-dealkylation sites (tertiary alicyclic amines) is 1. The van der Waals surface area contributed by atoms with Gasteiger partial charge in [-0.2, -0.15) is 9.97 Å². The van der Waals surface area contributed by atoms with Crippen LogP contribution in [-0.2, 0) is 16.1 Å². The molecule has 0 bridgehead atoms. The number of hydrogen-bond acceptors (Lipinski definition) is 10. The van der Waals surface area contributed by atoms with Gasteiger partial charge in [-0.15, -0.1) is 0 Å². The van der Waals surface area contributed by atoms with Crippen LogP contribution in [0.2, 0.25) is 0 Å². The van der Waals surface area contributed by atoms with Gasteiger partial charge in [0.15, 0.2) is 5.65 Å². The summed E-state index contributed by atoms with van der Waals surface area (Å²) < 4.78 is 16.6. The van der Waals surface area contributed by atoms with Crippen molar-refractivity contribution < 1.29 is 24.1 Å². The molecule has 2 aliphatic rings. The number of aliphatic hydroxyl groups is 1. The first kappa shape index (κ1) is 28.8. The highest BCUT2D eigenvalue weighted by Crippen LogP contribution is 2.32. The molecule has 2 N–H and O–H groups in total. The van der Waals surface area contributed by atoms with Gasteiger partial charge in [-0.3, -0.25) is 0 Å². The lowest BCUT2D eigenvalue weighted by atomic mass is 10.1. The van der Waals surface area contributed by atoms with Crippen LogP contribution >= 0.6 is 0 Å². The molecule has 11 heteroatoms. The van der Waals surface area contributed by atoms with E-state index in [9.17, 15) is 9.90 Å². The number of hydrogen-bond donors (Lipinski definition) is 2. The Morgan fingerprint density at radius 3 is 2.59 bits per heavy atom. The Kier molecular flexibility index (Phi) is 8.46. The quantitative estimate of drug-likeness (QED) is 0.450. The van der Waals surface area contributed by atoms with Crippen LogP contribution in [0.4, 0.5) is 16.6 Å². The van der Waals surface area contributed by atoms with Gasteiger partial charge < -0.3 is 34.4 Å². The van der Waals surface area contributed by atoms with E-state index in [-0.39, 0.29) is 24.8 Å². The summed E-state index contributed by atoms with van der Waals surface area (Å²) in [6, 6.07) is 9.89. The zero-order valence-corrected chi connectivity index (χ0v) is 24.5. The molecule has 2 aliphatic heterocycles. The summed E-state index contributed by atoms with van der Waals surface area (Å²) in [5.74, 6) is 1.97. The third kappa shape index (κ3) is 6.62. The monoisotopic (exact) mass is 564 g/mol. The first-order valence-corrected chi connectivity index (χ1v) is 14.2. The molecule has 11 nitrogen and oxygen atoms in total. The normalized spacial score (nSPS) is 18.4. The number of fused-ring (bicyclic) bond motifs is 1. The van der Waals surface area contributed by atoms with Crippen molar-refractivity contribution in [2.45, 2.75) is 64.8 Å². The maximum absolute atomic E-state index is 12.5. The van der Waals surface area contributed by atoms with E-state index in [1.165, 1.54) is 0 Å². The van der Waals surface area contributed by atoms with E-state index in [1.54, 1.807) is 12.0 Å². The van der Waals surface area contributed by atoms with Crippen LogP contribution in [-0.4, -0.2) is 88.7 Å². The summed E-state index contributed by atoms with van der Waals surface area (Å²) in [5.41, 5.74) is 2.36. The summed E-state index contributed by atoms with van der Waals surface area (Å²) in [7, 11) is 1.59. The molecule has 4 heterocycles. The van der Waals surface area contributed by atoms with Crippen molar-refractivity contribution in [3.05, 3.63) is 35.9 Å². The molecule has 1 aromatic carbocycles. The van der Waals surface area contributed by atoms with E-state index in [1.807, 2.05) is 51.1 Å². The lowest BCUT2D eigenvalue weighted by molar-refractivity contribution is 0.0210. The zero-order valence-electron chi connectivity index (χ0n) is 24.5. The third-order valence-electron chi connectivity index (χ3n) is 7.41. The van der Waals surface area contributed by atoms with Gasteiger partial charge in [0.25, 0.3) is 0 Å². The van der Waals surface area contributed by atoms with Gasteiger partial charge in [0.05, 0.1) is 44.1 Å². The van der Waals surface area contributed by atoms with Gasteiger partial charge >= 0.3 is 6.09 Å². The molecule has 3 aromatic rings. The number of pyridine rings is 1. The Labute approximate surface area is 240 Å². The van der Waals surface area contributed by atoms with Crippen molar-refractivity contribution in [3.8, 4) is 17.0 Å². The number of morpholine rings is 1. The Bertz CT molecular complexity index is 1390. The molecule has 0 saturated carbocycles. The summed E-state index contributed by atoms with van der Waals surface area (Å²) >= 11 is 0. The summed E-state index contributed by atoms with van der Waals surface area (Å²) in [4.78, 5) is 31.3. The van der Waals surface area contributed by atoms with E-state index >= 15 is 0 Å². The van der Waals surface area contributed by atoms with Crippen LogP contribution < -0.4 is 15.0 Å². The van der Waals surface area contributed by atoms with Crippen LogP contribution in [0.5, 0.6) is 5.75 Å². The van der Waals surface area contributed by atoms with Gasteiger partial charge in [0.2, 0.25) is 5.95 Å². The highest BCUT2D eigenvalue weighted by Gasteiger charge is 2.28. The predicted octanol–water partition coefficient (Wildman–Crippen LogP) is 4.23. The van der Waals surface area contributed by atoms with Crippen molar-refractivity contribution in [2.75, 3.05) is 50.2 Å². The Hall–Kier alpha value is -3.70. The number of carbonyl (C=O) groups excluding carboxylic acids is 1. The fraction of sp³-hybridized carbons (Fsp3) is 0.533. The number of nitrogens with one attached hydrogen (secondary N) is 1. The van der Waals surface area contributed by atoms with Gasteiger partial charge in [-0.25, -0.2) is 9.78 Å². The van der Waals surface area contributed by atoms with Crippen LogP contribution in [0.15, 0.2) is 30.3 Å². The fourth-order valence-corrected chi connectivity index (χ4v) is 5.26. The molecule has 1 unspecified atom stereocenters. The Morgan fingerprint density at radius 1 is 1.12 bits per heavy atom. The number of benzene rings is 1. The molecule has 2 aromatic heterocycles. The average molecular weight is 565 g/mol. The maximum atomic E-state index is 12.5. The third-order valence-corrected chi connectivity index (χ3v) is 7.41. The number of aromatic nitrogens is 3. The molecule has 220 valence electrons. The van der Waals surface area contributed by atoms with Crippen molar-refractivity contribution in [1.29, 1.82) is 0 Å². The minimum atomic E-state index is -0.518. The Morgan fingerprint density at radius 2 is 1.90 bits per heavy atom. The fourth-order valence-electron chi connectivity index (χ4n) is 5.26. The number of aliphatic hydroxyl groups excluding tert-OH is 1. The number of anilines is 2. The topological polar surface area (TPSA) is 122 Å². The molecule has 0 radical (unpaired) electrons. The zero-order chi connectivity index (χ0) is 29.1. The van der Waals surface area contributed by atoms with E-state index in [0.29, 0.717) is 49.2 Å². The standard InChI is InChI=1S/C30H40N6O5/c1-19-18-40-15-14-36(19)27-23-7-8-24(20-6-9-25(39-5)21(16-20)17-37)32-26(23)33-28(34-27)31-22-10-12-35(13-11-22)29(38)41-30(2,3)4/h6-9,16,19,22,37H,10-15,17-18H2,1-5H3,(H,31,32,33,34). The van der Waals surface area contributed by atoms with E-state index < -0.39 is 5.60 Å². The maximum Gasteiger partial charge on any atom is 0.410 e. The number of nitrogens with zero attached hydrogens (tertiary/aromatic N) is 5. The molecular formula is C30H40N6O5. The van der Waals surface area contributed by atoms with Gasteiger partial charge in [-0.05, 0) is 70.9 Å². The largest absolute Gasteiger partial charge is 0.496 e. The molecular weight excluding hydrogens is 524 g/mol. The Balaban J connectivity index is 1.43. The van der Waals surface area contributed by atoms with Crippen molar-refractivity contribution >= 4 is 28.9 Å². The van der Waals surface area contributed by atoms with Crippen LogP contribution in [0.3, 0.4) is 0 Å². The van der Waals surface area contributed by atoms with Crippen molar-refractivity contribution in [3.63, 3.8) is 0 Å². The molecule has 0 aliphatic carbocycles. The van der Waals surface area contributed by atoms with Crippen molar-refractivity contribution in [1.82, 2.24) is 19.9 Å². The highest BCUT2D eigenvalue weighted by molar-refractivity contribution is 5.90. The minimum Gasteiger partial charge on any atom is -0.496 e. The lowest BCUT2D eigenvalue weighted by Crippen LogP contribution is -2.45. The number of ether oxygens (including phenoxy) is 3. The van der Waals surface area contributed by atoms with Crippen LogP contribution in [0, 0.1) is 0 Å².